The van der Waals surface area contributed by atoms with Gasteiger partial charge in [0.25, 0.3) is 11.8 Å². The number of carboxylic acid groups (broad SMARTS) is 1. The van der Waals surface area contributed by atoms with Crippen LogP contribution in [0.2, 0.25) is 0 Å². The number of nitrogens with one attached hydrogen (secondary N) is 1. The Kier molecular flexibility index (Phi) is 9.77. The molecule has 0 aliphatic heterocycles. The van der Waals surface area contributed by atoms with Crippen LogP contribution in [0.1, 0.15) is 51.7 Å². The molecule has 0 aliphatic rings. The number of carbonyl (C=O) groups is 3. The number of carboxylic acids is 1. The minimum absolute atomic E-state index is 0.0880. The minimum Gasteiger partial charge on any atom is -0.481 e. The van der Waals surface area contributed by atoms with Crippen LogP contribution in [0.4, 0.5) is 0 Å². The molecule has 2 amide bonds. The van der Waals surface area contributed by atoms with E-state index in [0.29, 0.717) is 28.7 Å². The second kappa shape index (κ2) is 13.8. The number of carbonyl (C=O) groups excluding carboxylic acids is 2. The normalized spacial score (nSPS) is 11.4. The van der Waals surface area contributed by atoms with E-state index < -0.39 is 5.97 Å². The van der Waals surface area contributed by atoms with Crippen molar-refractivity contribution in [1.82, 2.24) is 15.2 Å². The molecular formula is C33H33N3O4. The lowest BCUT2D eigenvalue weighted by Crippen LogP contribution is -2.40. The van der Waals surface area contributed by atoms with Gasteiger partial charge >= 0.3 is 5.97 Å². The molecule has 7 nitrogen and oxygen atoms in total. The van der Waals surface area contributed by atoms with Crippen LogP contribution < -0.4 is 5.32 Å². The first-order valence-corrected chi connectivity index (χ1v) is 13.4. The van der Waals surface area contributed by atoms with Crippen LogP contribution in [0.5, 0.6) is 0 Å². The third-order valence-electron chi connectivity index (χ3n) is 6.83. The van der Waals surface area contributed by atoms with Gasteiger partial charge < -0.3 is 15.3 Å². The predicted molar refractivity (Wildman–Crippen MR) is 155 cm³/mol. The lowest BCUT2D eigenvalue weighted by atomic mass is 9.93. The average Bonchev–Trinajstić information content (AvgIpc) is 2.99. The Morgan fingerprint density at radius 1 is 0.825 bits per heavy atom. The Labute approximate surface area is 234 Å². The number of aryl methyl sites for hydroxylation is 1. The first kappa shape index (κ1) is 28.2. The second-order valence-electron chi connectivity index (χ2n) is 9.61. The Balaban J connectivity index is 1.60. The van der Waals surface area contributed by atoms with Crippen LogP contribution in [-0.4, -0.2) is 45.4 Å². The van der Waals surface area contributed by atoms with E-state index in [0.717, 1.165) is 17.7 Å². The van der Waals surface area contributed by atoms with Crippen molar-refractivity contribution in [3.8, 4) is 11.1 Å². The van der Waals surface area contributed by atoms with E-state index in [9.17, 15) is 19.5 Å². The van der Waals surface area contributed by atoms with Crippen LogP contribution >= 0.6 is 0 Å². The zero-order valence-corrected chi connectivity index (χ0v) is 22.5. The van der Waals surface area contributed by atoms with Crippen LogP contribution in [0, 0.1) is 0 Å². The van der Waals surface area contributed by atoms with Crippen LogP contribution in [0.3, 0.4) is 0 Å². The van der Waals surface area contributed by atoms with Crippen molar-refractivity contribution in [3.63, 3.8) is 0 Å². The summed E-state index contributed by atoms with van der Waals surface area (Å²) in [6.07, 6.45) is 2.97. The van der Waals surface area contributed by atoms with Gasteiger partial charge in [0.1, 0.15) is 0 Å². The van der Waals surface area contributed by atoms with Gasteiger partial charge in [0.2, 0.25) is 0 Å². The van der Waals surface area contributed by atoms with E-state index >= 15 is 0 Å². The molecule has 0 saturated heterocycles. The molecule has 4 rings (SSSR count). The molecule has 0 saturated carbocycles. The van der Waals surface area contributed by atoms with Crippen molar-refractivity contribution in [2.45, 2.75) is 38.8 Å². The summed E-state index contributed by atoms with van der Waals surface area (Å²) in [4.78, 5) is 44.6. The summed E-state index contributed by atoms with van der Waals surface area (Å²) < 4.78 is 0. The standard InChI is InChI=1S/C33H33N3O4/c1-24(18-19-25-11-3-2-4-12-25)36(22-20-31(37)38)33(40)30-17-8-6-15-28(30)27-14-5-7-16-29(27)32(39)35-23-26-13-9-10-21-34-26/h2-17,21,24H,18-20,22-23H2,1H3,(H,35,39)(H,37,38). The second-order valence-corrected chi connectivity index (χ2v) is 9.61. The zero-order valence-electron chi connectivity index (χ0n) is 22.5. The van der Waals surface area contributed by atoms with Gasteiger partial charge in [0.15, 0.2) is 0 Å². The van der Waals surface area contributed by atoms with E-state index in [1.54, 1.807) is 35.4 Å². The van der Waals surface area contributed by atoms with E-state index in [2.05, 4.69) is 10.3 Å². The minimum atomic E-state index is -0.962. The molecule has 4 aromatic rings. The Morgan fingerprint density at radius 3 is 2.12 bits per heavy atom. The van der Waals surface area contributed by atoms with Gasteiger partial charge in [0, 0.05) is 29.9 Å². The number of benzene rings is 3. The Morgan fingerprint density at radius 2 is 1.45 bits per heavy atom. The Bertz CT molecular complexity index is 1440. The van der Waals surface area contributed by atoms with Crippen molar-refractivity contribution in [3.05, 3.63) is 126 Å². The number of aromatic nitrogens is 1. The van der Waals surface area contributed by atoms with Crippen molar-refractivity contribution in [2.24, 2.45) is 0 Å². The number of nitrogens with zero attached hydrogens (tertiary/aromatic N) is 2. The summed E-state index contributed by atoms with van der Waals surface area (Å²) in [6, 6.07) is 29.7. The van der Waals surface area contributed by atoms with Gasteiger partial charge in [-0.25, -0.2) is 0 Å². The highest BCUT2D eigenvalue weighted by Crippen LogP contribution is 2.29. The number of amides is 2. The summed E-state index contributed by atoms with van der Waals surface area (Å²) in [5, 5.41) is 12.3. The molecule has 3 aromatic carbocycles. The smallest absolute Gasteiger partial charge is 0.305 e. The van der Waals surface area contributed by atoms with Gasteiger partial charge in [-0.3, -0.25) is 19.4 Å². The van der Waals surface area contributed by atoms with Gasteiger partial charge in [-0.1, -0.05) is 72.8 Å². The fourth-order valence-electron chi connectivity index (χ4n) is 4.66. The van der Waals surface area contributed by atoms with E-state index in [4.69, 9.17) is 0 Å². The fraction of sp³-hybridized carbons (Fsp3) is 0.212. The molecule has 1 aromatic heterocycles. The monoisotopic (exact) mass is 535 g/mol. The first-order chi connectivity index (χ1) is 19.4. The van der Waals surface area contributed by atoms with Gasteiger partial charge in [0.05, 0.1) is 18.7 Å². The molecule has 1 atom stereocenters. The van der Waals surface area contributed by atoms with E-state index in [-0.39, 0.29) is 37.4 Å². The molecule has 0 radical (unpaired) electrons. The van der Waals surface area contributed by atoms with Crippen molar-refractivity contribution < 1.29 is 19.5 Å². The number of aliphatic carboxylic acids is 1. The van der Waals surface area contributed by atoms with Crippen molar-refractivity contribution in [1.29, 1.82) is 0 Å². The lowest BCUT2D eigenvalue weighted by molar-refractivity contribution is -0.137. The average molecular weight is 536 g/mol. The summed E-state index contributed by atoms with van der Waals surface area (Å²) in [7, 11) is 0. The quantitative estimate of drug-likeness (QED) is 0.245. The molecule has 0 bridgehead atoms. The molecule has 0 fully saturated rings. The summed E-state index contributed by atoms with van der Waals surface area (Å²) in [5.74, 6) is -1.50. The molecular weight excluding hydrogens is 502 g/mol. The molecule has 0 aliphatic carbocycles. The van der Waals surface area contributed by atoms with Crippen LogP contribution in [0.25, 0.3) is 11.1 Å². The highest BCUT2D eigenvalue weighted by atomic mass is 16.4. The summed E-state index contributed by atoms with van der Waals surface area (Å²) >= 11 is 0. The van der Waals surface area contributed by atoms with Crippen LogP contribution in [-0.2, 0) is 17.8 Å². The van der Waals surface area contributed by atoms with Crippen molar-refractivity contribution >= 4 is 17.8 Å². The fourth-order valence-corrected chi connectivity index (χ4v) is 4.66. The largest absolute Gasteiger partial charge is 0.481 e. The molecule has 1 unspecified atom stereocenters. The molecule has 2 N–H and O–H groups in total. The number of pyridine rings is 1. The molecule has 7 heteroatoms. The number of hydrogen-bond acceptors (Lipinski definition) is 4. The molecule has 204 valence electrons. The van der Waals surface area contributed by atoms with E-state index in [1.807, 2.05) is 79.7 Å². The maximum absolute atomic E-state index is 14.0. The van der Waals surface area contributed by atoms with E-state index in [1.165, 1.54) is 0 Å². The maximum atomic E-state index is 14.0. The number of hydrogen-bond donors (Lipinski definition) is 2. The topological polar surface area (TPSA) is 99.6 Å². The molecule has 0 spiro atoms. The molecule has 1 heterocycles. The van der Waals surface area contributed by atoms with Crippen molar-refractivity contribution in [2.75, 3.05) is 6.54 Å². The number of rotatable bonds is 12. The van der Waals surface area contributed by atoms with Crippen LogP contribution in [0.15, 0.2) is 103 Å². The van der Waals surface area contributed by atoms with Gasteiger partial charge in [-0.05, 0) is 60.7 Å². The highest BCUT2D eigenvalue weighted by molar-refractivity contribution is 6.06. The van der Waals surface area contributed by atoms with Gasteiger partial charge in [-0.2, -0.15) is 0 Å². The lowest BCUT2D eigenvalue weighted by Gasteiger charge is -2.30. The third kappa shape index (κ3) is 7.41. The first-order valence-electron chi connectivity index (χ1n) is 13.4. The third-order valence-corrected chi connectivity index (χ3v) is 6.83. The maximum Gasteiger partial charge on any atom is 0.305 e. The SMILES string of the molecule is CC(CCc1ccccc1)N(CCC(=O)O)C(=O)c1ccccc1-c1ccccc1C(=O)NCc1ccccn1. The summed E-state index contributed by atoms with van der Waals surface area (Å²) in [5.41, 5.74) is 4.00. The zero-order chi connectivity index (χ0) is 28.3. The summed E-state index contributed by atoms with van der Waals surface area (Å²) in [6.45, 7) is 2.31. The predicted octanol–water partition coefficient (Wildman–Crippen LogP) is 5.62. The van der Waals surface area contributed by atoms with Gasteiger partial charge in [-0.15, -0.1) is 0 Å². The Hall–Kier alpha value is -4.78. The molecule has 40 heavy (non-hydrogen) atoms. The highest BCUT2D eigenvalue weighted by Gasteiger charge is 2.25.